The zero-order valence-electron chi connectivity index (χ0n) is 19.2. The van der Waals surface area contributed by atoms with Gasteiger partial charge < -0.3 is 19.2 Å². The lowest BCUT2D eigenvalue weighted by Gasteiger charge is -2.28. The van der Waals surface area contributed by atoms with Crippen LogP contribution in [0.3, 0.4) is 0 Å². The van der Waals surface area contributed by atoms with Gasteiger partial charge in [0.25, 0.3) is 0 Å². The second-order valence-corrected chi connectivity index (χ2v) is 9.85. The lowest BCUT2D eigenvalue weighted by Crippen LogP contribution is -2.36. The number of rotatable bonds is 4. The summed E-state index contributed by atoms with van der Waals surface area (Å²) in [5, 5.41) is 3.80. The van der Waals surface area contributed by atoms with Crippen molar-refractivity contribution in [3.8, 4) is 5.75 Å². The van der Waals surface area contributed by atoms with Crippen LogP contribution in [-0.4, -0.2) is 24.2 Å². The van der Waals surface area contributed by atoms with Crippen molar-refractivity contribution in [3.05, 3.63) is 38.7 Å². The van der Waals surface area contributed by atoms with Gasteiger partial charge in [0.1, 0.15) is 11.2 Å². The second kappa shape index (κ2) is 9.53. The minimum atomic E-state index is -0.532. The third-order valence-electron chi connectivity index (χ3n) is 5.83. The fourth-order valence-electron chi connectivity index (χ4n) is 3.86. The van der Waals surface area contributed by atoms with E-state index in [1.165, 1.54) is 6.07 Å². The van der Waals surface area contributed by atoms with E-state index in [-0.39, 0.29) is 28.6 Å². The molecule has 8 heteroatoms. The van der Waals surface area contributed by atoms with Gasteiger partial charge in [0.05, 0.1) is 10.9 Å². The monoisotopic (exact) mass is 463 g/mol. The molecule has 0 spiro atoms. The molecule has 1 aliphatic rings. The van der Waals surface area contributed by atoms with Crippen LogP contribution < -0.4 is 15.7 Å². The number of esters is 1. The third-order valence-corrected chi connectivity index (χ3v) is 6.13. The Kier molecular flexibility index (Phi) is 7.18. The number of aryl methyl sites for hydroxylation is 1. The van der Waals surface area contributed by atoms with E-state index in [0.717, 1.165) is 18.4 Å². The summed E-state index contributed by atoms with van der Waals surface area (Å²) in [4.78, 5) is 36.5. The lowest BCUT2D eigenvalue weighted by molar-refractivity contribution is -0.140. The number of halogens is 1. The highest BCUT2D eigenvalue weighted by molar-refractivity contribution is 6.33. The van der Waals surface area contributed by atoms with Crippen molar-refractivity contribution in [1.82, 2.24) is 5.32 Å². The smallest absolute Gasteiger partial charge is 0.407 e. The summed E-state index contributed by atoms with van der Waals surface area (Å²) in [6.07, 6.45) is 2.50. The molecule has 1 N–H and O–H groups in total. The third kappa shape index (κ3) is 5.82. The molecule has 32 heavy (non-hydrogen) atoms. The molecule has 2 aromatic rings. The van der Waals surface area contributed by atoms with Crippen LogP contribution in [0.5, 0.6) is 5.75 Å². The standard InChI is InChI=1S/C24H30ClNO6/c1-13-14(2)21(27)30-19-11-20(18(25)10-17(13)19)31-22(28)16-8-6-15(7-9-16)12-26-23(29)32-24(3,4)5/h10-11,15-16H,6-9,12H2,1-5H3,(H,26,29). The van der Waals surface area contributed by atoms with Gasteiger partial charge >= 0.3 is 17.7 Å². The largest absolute Gasteiger partial charge is 0.444 e. The predicted molar refractivity (Wildman–Crippen MR) is 122 cm³/mol. The van der Waals surface area contributed by atoms with Crippen molar-refractivity contribution in [3.63, 3.8) is 0 Å². The number of carbonyl (C=O) groups excluding carboxylic acids is 2. The molecule has 3 rings (SSSR count). The maximum absolute atomic E-state index is 12.7. The molecule has 1 heterocycles. The summed E-state index contributed by atoms with van der Waals surface area (Å²) in [7, 11) is 0. The minimum absolute atomic E-state index is 0.185. The summed E-state index contributed by atoms with van der Waals surface area (Å²) in [5.74, 6) is -0.122. The summed E-state index contributed by atoms with van der Waals surface area (Å²) in [6.45, 7) is 9.50. The molecular weight excluding hydrogens is 434 g/mol. The van der Waals surface area contributed by atoms with E-state index in [9.17, 15) is 14.4 Å². The predicted octanol–water partition coefficient (Wildman–Crippen LogP) is 5.30. The topological polar surface area (TPSA) is 94.8 Å². The number of hydrogen-bond donors (Lipinski definition) is 1. The number of fused-ring (bicyclic) bond motifs is 1. The average Bonchev–Trinajstić information content (AvgIpc) is 2.71. The quantitative estimate of drug-likeness (QED) is 0.375. The van der Waals surface area contributed by atoms with Gasteiger partial charge in [-0.3, -0.25) is 4.79 Å². The highest BCUT2D eigenvalue weighted by Crippen LogP contribution is 2.34. The van der Waals surface area contributed by atoms with Crippen LogP contribution in [-0.2, 0) is 9.53 Å². The average molecular weight is 464 g/mol. The minimum Gasteiger partial charge on any atom is -0.444 e. The van der Waals surface area contributed by atoms with Crippen molar-refractivity contribution in [1.29, 1.82) is 0 Å². The van der Waals surface area contributed by atoms with Crippen molar-refractivity contribution in [2.45, 2.75) is 65.9 Å². The first-order valence-electron chi connectivity index (χ1n) is 10.9. The van der Waals surface area contributed by atoms with Gasteiger partial charge in [-0.2, -0.15) is 0 Å². The molecule has 0 radical (unpaired) electrons. The van der Waals surface area contributed by atoms with Gasteiger partial charge in [-0.15, -0.1) is 0 Å². The lowest BCUT2D eigenvalue weighted by atomic mass is 9.82. The Morgan fingerprint density at radius 3 is 2.41 bits per heavy atom. The van der Waals surface area contributed by atoms with Crippen molar-refractivity contribution < 1.29 is 23.5 Å². The Morgan fingerprint density at radius 2 is 1.78 bits per heavy atom. The Morgan fingerprint density at radius 1 is 1.12 bits per heavy atom. The van der Waals surface area contributed by atoms with Crippen LogP contribution in [0.4, 0.5) is 4.79 Å². The zero-order chi connectivity index (χ0) is 23.6. The van der Waals surface area contributed by atoms with Crippen molar-refractivity contribution in [2.24, 2.45) is 11.8 Å². The van der Waals surface area contributed by atoms with E-state index >= 15 is 0 Å². The highest BCUT2D eigenvalue weighted by Gasteiger charge is 2.29. The molecule has 1 amide bonds. The molecule has 1 aromatic carbocycles. The van der Waals surface area contributed by atoms with Gasteiger partial charge in [-0.05, 0) is 77.8 Å². The first kappa shape index (κ1) is 24.1. The Labute approximate surface area is 192 Å². The van der Waals surface area contributed by atoms with Crippen LogP contribution in [0.2, 0.25) is 5.02 Å². The highest BCUT2D eigenvalue weighted by atomic mass is 35.5. The van der Waals surface area contributed by atoms with E-state index in [1.54, 1.807) is 13.0 Å². The van der Waals surface area contributed by atoms with Crippen LogP contribution in [0.25, 0.3) is 11.0 Å². The number of nitrogens with one attached hydrogen (secondary N) is 1. The second-order valence-electron chi connectivity index (χ2n) is 9.44. The molecule has 0 saturated heterocycles. The van der Waals surface area contributed by atoms with E-state index in [0.29, 0.717) is 35.9 Å². The fraction of sp³-hybridized carbons (Fsp3) is 0.542. The van der Waals surface area contributed by atoms with E-state index in [1.807, 2.05) is 27.7 Å². The summed E-state index contributed by atoms with van der Waals surface area (Å²) >= 11 is 6.34. The molecular formula is C24H30ClNO6. The normalized spacial score (nSPS) is 18.9. The van der Waals surface area contributed by atoms with Crippen LogP contribution in [0, 0.1) is 25.7 Å². The summed E-state index contributed by atoms with van der Waals surface area (Å²) in [6, 6.07) is 3.16. The molecule has 1 aliphatic carbocycles. The van der Waals surface area contributed by atoms with Crippen molar-refractivity contribution in [2.75, 3.05) is 6.54 Å². The van der Waals surface area contributed by atoms with E-state index in [2.05, 4.69) is 5.32 Å². The van der Waals surface area contributed by atoms with Gasteiger partial charge in [0.2, 0.25) is 0 Å². The maximum Gasteiger partial charge on any atom is 0.407 e. The number of ether oxygens (including phenoxy) is 2. The SMILES string of the molecule is Cc1c(C)c2cc(Cl)c(OC(=O)C3CCC(CNC(=O)OC(C)(C)C)CC3)cc2oc1=O. The van der Waals surface area contributed by atoms with Gasteiger partial charge in [-0.25, -0.2) is 9.59 Å². The van der Waals surface area contributed by atoms with E-state index < -0.39 is 17.3 Å². The zero-order valence-corrected chi connectivity index (χ0v) is 19.9. The van der Waals surface area contributed by atoms with Crippen molar-refractivity contribution >= 4 is 34.6 Å². The Hall–Kier alpha value is -2.54. The number of alkyl carbamates (subject to hydrolysis) is 1. The first-order chi connectivity index (χ1) is 14.9. The summed E-state index contributed by atoms with van der Waals surface area (Å²) < 4.78 is 16.2. The molecule has 0 unspecified atom stereocenters. The summed E-state index contributed by atoms with van der Waals surface area (Å²) in [5.41, 5.74) is 0.691. The van der Waals surface area contributed by atoms with Gasteiger partial charge in [0.15, 0.2) is 5.75 Å². The maximum atomic E-state index is 12.7. The fourth-order valence-corrected chi connectivity index (χ4v) is 4.06. The molecule has 1 saturated carbocycles. The molecule has 1 aromatic heterocycles. The van der Waals surface area contributed by atoms with Gasteiger partial charge in [-0.1, -0.05) is 11.6 Å². The number of hydrogen-bond acceptors (Lipinski definition) is 6. The van der Waals surface area contributed by atoms with Gasteiger partial charge in [0, 0.05) is 23.6 Å². The Balaban J connectivity index is 1.58. The number of carbonyl (C=O) groups is 2. The molecule has 0 bridgehead atoms. The van der Waals surface area contributed by atoms with Crippen LogP contribution >= 0.6 is 11.6 Å². The first-order valence-corrected chi connectivity index (χ1v) is 11.2. The number of amides is 1. The molecule has 0 atom stereocenters. The molecule has 0 aliphatic heterocycles. The van der Waals surface area contributed by atoms with Crippen LogP contribution in [0.1, 0.15) is 57.6 Å². The Bertz CT molecular complexity index is 1080. The van der Waals surface area contributed by atoms with Crippen LogP contribution in [0.15, 0.2) is 21.3 Å². The molecule has 1 fully saturated rings. The number of benzene rings is 1. The molecule has 7 nitrogen and oxygen atoms in total. The van der Waals surface area contributed by atoms with E-state index in [4.69, 9.17) is 25.5 Å². The molecule has 174 valence electrons.